The molecule has 1 unspecified atom stereocenters. The quantitative estimate of drug-likeness (QED) is 0.249. The van der Waals surface area contributed by atoms with Gasteiger partial charge in [0.05, 0.1) is 17.4 Å². The van der Waals surface area contributed by atoms with Gasteiger partial charge in [0.2, 0.25) is 0 Å². The molecule has 2 nitrogen and oxygen atoms in total. The molecule has 1 atom stereocenters. The first kappa shape index (κ1) is 24.8. The fourth-order valence-corrected chi connectivity index (χ4v) is 5.25. The minimum Gasteiger partial charge on any atom is -0.372 e. The third-order valence-corrected chi connectivity index (χ3v) is 7.17. The molecule has 0 bridgehead atoms. The van der Waals surface area contributed by atoms with Crippen LogP contribution in [0, 0.1) is 6.92 Å². The van der Waals surface area contributed by atoms with Gasteiger partial charge in [0.25, 0.3) is 0 Å². The first-order valence-electron chi connectivity index (χ1n) is 13.3. The number of para-hydroxylation sites is 1. The molecule has 1 N–H and O–H groups in total. The van der Waals surface area contributed by atoms with Gasteiger partial charge in [0.1, 0.15) is 0 Å². The number of benzene rings is 4. The summed E-state index contributed by atoms with van der Waals surface area (Å²) < 4.78 is 0. The number of aryl methyl sites for hydroxylation is 1. The van der Waals surface area contributed by atoms with Crippen LogP contribution in [0.1, 0.15) is 73.5 Å². The lowest BCUT2D eigenvalue weighted by atomic mass is 9.91. The van der Waals surface area contributed by atoms with Crippen LogP contribution in [0.15, 0.2) is 103 Å². The predicted octanol–water partition coefficient (Wildman–Crippen LogP) is 9.66. The molecule has 186 valence electrons. The molecule has 0 saturated carbocycles. The van der Waals surface area contributed by atoms with Gasteiger partial charge in [0, 0.05) is 11.3 Å². The maximum atomic E-state index is 5.28. The monoisotopic (exact) mass is 484 g/mol. The van der Waals surface area contributed by atoms with Crippen LogP contribution in [-0.2, 0) is 0 Å². The van der Waals surface area contributed by atoms with Crippen molar-refractivity contribution in [1.29, 1.82) is 0 Å². The molecule has 1 heterocycles. The molecule has 0 aliphatic heterocycles. The number of rotatable bonds is 7. The molecule has 0 radical (unpaired) electrons. The van der Waals surface area contributed by atoms with Crippen molar-refractivity contribution < 1.29 is 0 Å². The van der Waals surface area contributed by atoms with Crippen LogP contribution in [0.3, 0.4) is 0 Å². The van der Waals surface area contributed by atoms with E-state index in [-0.39, 0.29) is 6.04 Å². The average molecular weight is 485 g/mol. The Morgan fingerprint density at radius 1 is 0.649 bits per heavy atom. The molecule has 4 aromatic carbocycles. The number of anilines is 1. The van der Waals surface area contributed by atoms with Crippen LogP contribution in [-0.4, -0.2) is 4.98 Å². The minimum atomic E-state index is -0.0766. The maximum absolute atomic E-state index is 5.28. The highest BCUT2D eigenvalue weighted by atomic mass is 15.0. The molecule has 5 rings (SSSR count). The molecule has 0 aliphatic carbocycles. The Balaban J connectivity index is 1.67. The van der Waals surface area contributed by atoms with Gasteiger partial charge in [-0.1, -0.05) is 124 Å². The minimum absolute atomic E-state index is 0.0766. The molecule has 0 fully saturated rings. The van der Waals surface area contributed by atoms with Crippen LogP contribution in [0.5, 0.6) is 0 Å². The smallest absolute Gasteiger partial charge is 0.0940 e. The van der Waals surface area contributed by atoms with E-state index in [2.05, 4.69) is 143 Å². The topological polar surface area (TPSA) is 24.9 Å². The van der Waals surface area contributed by atoms with Crippen LogP contribution < -0.4 is 5.32 Å². The first-order chi connectivity index (χ1) is 17.9. The zero-order valence-electron chi connectivity index (χ0n) is 22.5. The summed E-state index contributed by atoms with van der Waals surface area (Å²) in [6.07, 6.45) is 0. The van der Waals surface area contributed by atoms with Crippen LogP contribution in [0.2, 0.25) is 0 Å². The molecule has 0 aliphatic rings. The second kappa shape index (κ2) is 10.6. The standard InChI is InChI=1S/C35H36N2/c1-23(2)28-17-10-18-29(24(3)4)35(28)37-34(27-15-8-12-25(5)22-27)33-21-11-20-32(36-33)31-19-9-14-26-13-6-7-16-30(26)31/h6-24,34,37H,1-5H3. The summed E-state index contributed by atoms with van der Waals surface area (Å²) in [7, 11) is 0. The fourth-order valence-electron chi connectivity index (χ4n) is 5.25. The van der Waals surface area contributed by atoms with E-state index >= 15 is 0 Å². The van der Waals surface area contributed by atoms with Gasteiger partial charge < -0.3 is 5.32 Å². The van der Waals surface area contributed by atoms with Gasteiger partial charge in [0.15, 0.2) is 0 Å². The molecule has 37 heavy (non-hydrogen) atoms. The third-order valence-electron chi connectivity index (χ3n) is 7.17. The SMILES string of the molecule is Cc1cccc(C(Nc2c(C(C)C)cccc2C(C)C)c2cccc(-c3cccc4ccccc34)n2)c1. The summed E-state index contributed by atoms with van der Waals surface area (Å²) in [6.45, 7) is 11.2. The molecule has 0 saturated heterocycles. The van der Waals surface area contributed by atoms with Crippen molar-refractivity contribution in [2.24, 2.45) is 0 Å². The maximum Gasteiger partial charge on any atom is 0.0940 e. The number of aromatic nitrogens is 1. The summed E-state index contributed by atoms with van der Waals surface area (Å²) in [5.74, 6) is 0.823. The van der Waals surface area contributed by atoms with E-state index in [1.165, 1.54) is 38.7 Å². The number of hydrogen-bond donors (Lipinski definition) is 1. The van der Waals surface area contributed by atoms with E-state index in [1.54, 1.807) is 0 Å². The van der Waals surface area contributed by atoms with E-state index in [0.717, 1.165) is 17.0 Å². The van der Waals surface area contributed by atoms with Gasteiger partial charge in [-0.15, -0.1) is 0 Å². The van der Waals surface area contributed by atoms with Crippen molar-refractivity contribution in [3.63, 3.8) is 0 Å². The van der Waals surface area contributed by atoms with Gasteiger partial charge in [-0.25, -0.2) is 0 Å². The largest absolute Gasteiger partial charge is 0.372 e. The highest BCUT2D eigenvalue weighted by Crippen LogP contribution is 2.37. The molecule has 5 aromatic rings. The van der Waals surface area contributed by atoms with Crippen LogP contribution in [0.25, 0.3) is 22.0 Å². The number of hydrogen-bond acceptors (Lipinski definition) is 2. The average Bonchev–Trinajstić information content (AvgIpc) is 2.91. The molecular weight excluding hydrogens is 448 g/mol. The van der Waals surface area contributed by atoms with Crippen molar-refractivity contribution in [3.05, 3.63) is 131 Å². The Bertz CT molecular complexity index is 1500. The lowest BCUT2D eigenvalue weighted by molar-refractivity contribution is 0.814. The second-order valence-corrected chi connectivity index (χ2v) is 10.6. The molecule has 0 amide bonds. The Kier molecular flexibility index (Phi) is 7.10. The van der Waals surface area contributed by atoms with Gasteiger partial charge >= 0.3 is 0 Å². The van der Waals surface area contributed by atoms with Crippen molar-refractivity contribution in [2.75, 3.05) is 5.32 Å². The van der Waals surface area contributed by atoms with Crippen molar-refractivity contribution in [3.8, 4) is 11.3 Å². The van der Waals surface area contributed by atoms with Crippen molar-refractivity contribution >= 4 is 16.5 Å². The number of nitrogens with zero attached hydrogens (tertiary/aromatic N) is 1. The predicted molar refractivity (Wildman–Crippen MR) is 158 cm³/mol. The summed E-state index contributed by atoms with van der Waals surface area (Å²) in [5, 5.41) is 6.45. The lowest BCUT2D eigenvalue weighted by Gasteiger charge is -2.27. The van der Waals surface area contributed by atoms with Crippen LogP contribution in [0.4, 0.5) is 5.69 Å². The van der Waals surface area contributed by atoms with E-state index in [1.807, 2.05) is 0 Å². The first-order valence-corrected chi connectivity index (χ1v) is 13.3. The fraction of sp³-hybridized carbons (Fsp3) is 0.229. The molecule has 0 spiro atoms. The van der Waals surface area contributed by atoms with E-state index in [9.17, 15) is 0 Å². The van der Waals surface area contributed by atoms with E-state index in [4.69, 9.17) is 4.98 Å². The molecule has 2 heteroatoms. The highest BCUT2D eigenvalue weighted by molar-refractivity contribution is 5.95. The number of fused-ring (bicyclic) bond motifs is 1. The summed E-state index contributed by atoms with van der Waals surface area (Å²) in [4.78, 5) is 5.28. The van der Waals surface area contributed by atoms with Gasteiger partial charge in [-0.05, 0) is 58.4 Å². The van der Waals surface area contributed by atoms with Crippen molar-refractivity contribution in [1.82, 2.24) is 4.98 Å². The lowest BCUT2D eigenvalue weighted by Crippen LogP contribution is -2.17. The third kappa shape index (κ3) is 5.15. The number of pyridine rings is 1. The number of nitrogens with one attached hydrogen (secondary N) is 1. The van der Waals surface area contributed by atoms with Crippen LogP contribution >= 0.6 is 0 Å². The Morgan fingerprint density at radius 3 is 2.03 bits per heavy atom. The highest BCUT2D eigenvalue weighted by Gasteiger charge is 2.22. The second-order valence-electron chi connectivity index (χ2n) is 10.6. The Hall–Kier alpha value is -3.91. The summed E-state index contributed by atoms with van der Waals surface area (Å²) in [5.41, 5.74) is 9.55. The van der Waals surface area contributed by atoms with Gasteiger partial charge in [-0.2, -0.15) is 0 Å². The van der Waals surface area contributed by atoms with E-state index in [0.29, 0.717) is 11.8 Å². The zero-order valence-corrected chi connectivity index (χ0v) is 22.5. The zero-order chi connectivity index (χ0) is 25.9. The molecule has 1 aromatic heterocycles. The summed E-state index contributed by atoms with van der Waals surface area (Å²) >= 11 is 0. The Morgan fingerprint density at radius 2 is 1.30 bits per heavy atom. The van der Waals surface area contributed by atoms with E-state index < -0.39 is 0 Å². The summed E-state index contributed by atoms with van der Waals surface area (Å²) in [6, 6.07) is 36.8. The van der Waals surface area contributed by atoms with Crippen molar-refractivity contribution in [2.45, 2.75) is 52.5 Å². The normalized spacial score (nSPS) is 12.3. The Labute approximate surface area is 221 Å². The van der Waals surface area contributed by atoms with Gasteiger partial charge in [-0.3, -0.25) is 4.98 Å². The molecular formula is C35H36N2.